The van der Waals surface area contributed by atoms with Crippen LogP contribution in [0.4, 0.5) is 10.2 Å². The monoisotopic (exact) mass is 449 g/mol. The van der Waals surface area contributed by atoms with Gasteiger partial charge in [0.2, 0.25) is 0 Å². The number of sulfone groups is 1. The van der Waals surface area contributed by atoms with Crippen LogP contribution in [0.25, 0.3) is 5.69 Å². The Kier molecular flexibility index (Phi) is 5.87. The van der Waals surface area contributed by atoms with Crippen molar-refractivity contribution in [2.75, 3.05) is 5.32 Å². The molecule has 6 nitrogen and oxygen atoms in total. The van der Waals surface area contributed by atoms with Crippen LogP contribution < -0.4 is 5.32 Å². The summed E-state index contributed by atoms with van der Waals surface area (Å²) in [5.41, 5.74) is 2.09. The Labute approximate surface area is 185 Å². The summed E-state index contributed by atoms with van der Waals surface area (Å²) >= 11 is 0. The summed E-state index contributed by atoms with van der Waals surface area (Å²) in [4.78, 5) is 13.1. The summed E-state index contributed by atoms with van der Waals surface area (Å²) in [6.45, 7) is 1.78. The molecule has 1 heterocycles. The van der Waals surface area contributed by atoms with E-state index in [9.17, 15) is 17.6 Å². The van der Waals surface area contributed by atoms with Crippen LogP contribution in [0.3, 0.4) is 0 Å². The molecular formula is C24H20FN3O3S. The normalized spacial score (nSPS) is 11.3. The number of rotatable bonds is 6. The van der Waals surface area contributed by atoms with E-state index >= 15 is 0 Å². The highest BCUT2D eigenvalue weighted by molar-refractivity contribution is 7.90. The summed E-state index contributed by atoms with van der Waals surface area (Å²) in [6, 6.07) is 22.1. The third kappa shape index (κ3) is 4.76. The molecule has 1 aromatic heterocycles. The maximum atomic E-state index is 13.3. The molecule has 0 aliphatic heterocycles. The molecule has 1 amide bonds. The van der Waals surface area contributed by atoms with Crippen molar-refractivity contribution in [1.82, 2.24) is 9.78 Å². The molecule has 0 atom stereocenters. The number of aryl methyl sites for hydroxylation is 1. The topological polar surface area (TPSA) is 81.1 Å². The van der Waals surface area contributed by atoms with E-state index < -0.39 is 15.7 Å². The van der Waals surface area contributed by atoms with Crippen LogP contribution in [0.5, 0.6) is 0 Å². The molecular weight excluding hydrogens is 429 g/mol. The Balaban J connectivity index is 1.56. The number of carbonyl (C=O) groups excluding carboxylic acids is 1. The first-order valence-electron chi connectivity index (χ1n) is 9.82. The van der Waals surface area contributed by atoms with Gasteiger partial charge in [0.15, 0.2) is 9.84 Å². The van der Waals surface area contributed by atoms with Crippen LogP contribution in [-0.2, 0) is 15.6 Å². The van der Waals surface area contributed by atoms with E-state index in [2.05, 4.69) is 10.4 Å². The van der Waals surface area contributed by atoms with E-state index in [0.29, 0.717) is 28.3 Å². The molecule has 8 heteroatoms. The van der Waals surface area contributed by atoms with Crippen molar-refractivity contribution in [2.45, 2.75) is 17.6 Å². The summed E-state index contributed by atoms with van der Waals surface area (Å²) in [7, 11) is -3.53. The molecule has 32 heavy (non-hydrogen) atoms. The lowest BCUT2D eigenvalue weighted by atomic mass is 10.1. The molecule has 0 radical (unpaired) electrons. The first-order chi connectivity index (χ1) is 15.3. The van der Waals surface area contributed by atoms with Gasteiger partial charge in [-0.15, -0.1) is 0 Å². The third-order valence-corrected chi connectivity index (χ3v) is 6.50. The van der Waals surface area contributed by atoms with Gasteiger partial charge < -0.3 is 5.32 Å². The van der Waals surface area contributed by atoms with Crippen LogP contribution in [0.1, 0.15) is 21.6 Å². The summed E-state index contributed by atoms with van der Waals surface area (Å²) in [5.74, 6) is -0.579. The number of amides is 1. The molecule has 0 bridgehead atoms. The average molecular weight is 450 g/mol. The number of halogens is 1. The fourth-order valence-corrected chi connectivity index (χ4v) is 4.65. The molecule has 0 aliphatic rings. The molecule has 4 aromatic rings. The zero-order valence-corrected chi connectivity index (χ0v) is 18.0. The van der Waals surface area contributed by atoms with Crippen molar-refractivity contribution in [3.05, 3.63) is 108 Å². The maximum Gasteiger partial charge on any atom is 0.256 e. The van der Waals surface area contributed by atoms with Gasteiger partial charge in [0.25, 0.3) is 5.91 Å². The quantitative estimate of drug-likeness (QED) is 0.468. The Hall–Kier alpha value is -3.78. The molecule has 0 spiro atoms. The predicted molar refractivity (Wildman–Crippen MR) is 120 cm³/mol. The highest BCUT2D eigenvalue weighted by Crippen LogP contribution is 2.20. The molecule has 0 saturated carbocycles. The van der Waals surface area contributed by atoms with Gasteiger partial charge in [-0.25, -0.2) is 17.5 Å². The number of carbonyl (C=O) groups is 1. The molecule has 1 N–H and O–H groups in total. The lowest BCUT2D eigenvalue weighted by Gasteiger charge is -2.10. The second-order valence-electron chi connectivity index (χ2n) is 7.29. The van der Waals surface area contributed by atoms with E-state index in [0.717, 1.165) is 0 Å². The molecule has 0 saturated heterocycles. The summed E-state index contributed by atoms with van der Waals surface area (Å²) in [6.07, 6.45) is 0. The number of hydrogen-bond acceptors (Lipinski definition) is 4. The van der Waals surface area contributed by atoms with Crippen molar-refractivity contribution in [3.8, 4) is 5.69 Å². The molecule has 4 rings (SSSR count). The predicted octanol–water partition coefficient (Wildman–Crippen LogP) is 4.55. The number of hydrogen-bond donors (Lipinski definition) is 1. The van der Waals surface area contributed by atoms with Crippen molar-refractivity contribution in [1.29, 1.82) is 0 Å². The van der Waals surface area contributed by atoms with Crippen molar-refractivity contribution in [3.63, 3.8) is 0 Å². The third-order valence-electron chi connectivity index (χ3n) is 4.79. The Bertz CT molecular complexity index is 1370. The van der Waals surface area contributed by atoms with Gasteiger partial charge in [0, 0.05) is 11.6 Å². The number of nitrogens with zero attached hydrogens (tertiary/aromatic N) is 2. The van der Waals surface area contributed by atoms with E-state index in [1.165, 1.54) is 16.8 Å². The van der Waals surface area contributed by atoms with Gasteiger partial charge in [-0.1, -0.05) is 30.3 Å². The Morgan fingerprint density at radius 3 is 2.41 bits per heavy atom. The zero-order chi connectivity index (χ0) is 22.7. The first kappa shape index (κ1) is 21.5. The smallest absolute Gasteiger partial charge is 0.256 e. The Morgan fingerprint density at radius 2 is 1.69 bits per heavy atom. The van der Waals surface area contributed by atoms with Crippen LogP contribution in [0.2, 0.25) is 0 Å². The molecule has 162 valence electrons. The summed E-state index contributed by atoms with van der Waals surface area (Å²) in [5, 5.41) is 7.16. The highest BCUT2D eigenvalue weighted by atomic mass is 32.2. The van der Waals surface area contributed by atoms with Crippen molar-refractivity contribution in [2.24, 2.45) is 0 Å². The molecule has 0 unspecified atom stereocenters. The summed E-state index contributed by atoms with van der Waals surface area (Å²) < 4.78 is 40.1. The molecule has 0 aliphatic carbocycles. The number of anilines is 1. The standard InChI is InChI=1S/C24H20FN3O3S/c1-17-14-23(28(27-17)21-12-10-20(25)11-13-21)26-24(29)19-7-5-6-18(15-19)16-32(30,31)22-8-3-2-4-9-22/h2-15H,16H2,1H3,(H,26,29). The van der Waals surface area contributed by atoms with Crippen LogP contribution in [-0.4, -0.2) is 24.1 Å². The van der Waals surface area contributed by atoms with Crippen molar-refractivity contribution >= 4 is 21.6 Å². The second-order valence-corrected chi connectivity index (χ2v) is 9.28. The van der Waals surface area contributed by atoms with E-state index in [1.54, 1.807) is 79.7 Å². The number of nitrogens with one attached hydrogen (secondary N) is 1. The van der Waals surface area contributed by atoms with E-state index in [-0.39, 0.29) is 16.5 Å². The lowest BCUT2D eigenvalue weighted by Crippen LogP contribution is -2.15. The van der Waals surface area contributed by atoms with Gasteiger partial charge in [0.1, 0.15) is 11.6 Å². The van der Waals surface area contributed by atoms with Crippen LogP contribution in [0.15, 0.2) is 89.8 Å². The van der Waals surface area contributed by atoms with E-state index in [4.69, 9.17) is 0 Å². The van der Waals surface area contributed by atoms with Crippen LogP contribution in [0, 0.1) is 12.7 Å². The maximum absolute atomic E-state index is 13.3. The zero-order valence-electron chi connectivity index (χ0n) is 17.2. The highest BCUT2D eigenvalue weighted by Gasteiger charge is 2.17. The average Bonchev–Trinajstić information content (AvgIpc) is 3.14. The fourth-order valence-electron chi connectivity index (χ4n) is 3.29. The van der Waals surface area contributed by atoms with Crippen molar-refractivity contribution < 1.29 is 17.6 Å². The number of aromatic nitrogens is 2. The lowest BCUT2D eigenvalue weighted by molar-refractivity contribution is 0.102. The minimum Gasteiger partial charge on any atom is -0.306 e. The van der Waals surface area contributed by atoms with Crippen LogP contribution >= 0.6 is 0 Å². The van der Waals surface area contributed by atoms with Gasteiger partial charge in [0.05, 0.1) is 22.0 Å². The van der Waals surface area contributed by atoms with Gasteiger partial charge in [-0.2, -0.15) is 5.10 Å². The Morgan fingerprint density at radius 1 is 0.969 bits per heavy atom. The van der Waals surface area contributed by atoms with Gasteiger partial charge in [-0.05, 0) is 61.0 Å². The number of benzene rings is 3. The van der Waals surface area contributed by atoms with Gasteiger partial charge in [-0.3, -0.25) is 4.79 Å². The SMILES string of the molecule is Cc1cc(NC(=O)c2cccc(CS(=O)(=O)c3ccccc3)c2)n(-c2ccc(F)cc2)n1. The second kappa shape index (κ2) is 8.76. The largest absolute Gasteiger partial charge is 0.306 e. The minimum atomic E-state index is -3.53. The molecule has 3 aromatic carbocycles. The first-order valence-corrected chi connectivity index (χ1v) is 11.5. The van der Waals surface area contributed by atoms with E-state index in [1.807, 2.05) is 0 Å². The van der Waals surface area contributed by atoms with Gasteiger partial charge >= 0.3 is 0 Å². The minimum absolute atomic E-state index is 0.218. The molecule has 0 fully saturated rings. The fraction of sp³-hybridized carbons (Fsp3) is 0.0833.